The SMILES string of the molecule is O=C(Nc1ccc(Cl)cc1C(F)(F)F)C(=O)Nn1cnnc1. The molecule has 0 radical (unpaired) electrons. The second kappa shape index (κ2) is 6.02. The molecule has 116 valence electrons. The maximum atomic E-state index is 12.9. The van der Waals surface area contributed by atoms with Gasteiger partial charge in [-0.15, -0.1) is 10.2 Å². The molecule has 0 spiro atoms. The molecule has 0 saturated heterocycles. The van der Waals surface area contributed by atoms with E-state index in [2.05, 4.69) is 10.2 Å². The highest BCUT2D eigenvalue weighted by molar-refractivity contribution is 6.42. The molecule has 2 amide bonds. The summed E-state index contributed by atoms with van der Waals surface area (Å²) in [6.07, 6.45) is -2.55. The number of aromatic nitrogens is 3. The van der Waals surface area contributed by atoms with Crippen LogP contribution in [0.15, 0.2) is 30.9 Å². The number of hydrogen-bond donors (Lipinski definition) is 2. The van der Waals surface area contributed by atoms with Crippen LogP contribution in [0.4, 0.5) is 18.9 Å². The van der Waals surface area contributed by atoms with Crippen molar-refractivity contribution in [3.63, 3.8) is 0 Å². The molecule has 0 bridgehead atoms. The van der Waals surface area contributed by atoms with Crippen molar-refractivity contribution in [3.8, 4) is 0 Å². The lowest BCUT2D eigenvalue weighted by Crippen LogP contribution is -2.34. The minimum Gasteiger partial charge on any atom is -0.317 e. The zero-order valence-corrected chi connectivity index (χ0v) is 11.3. The Morgan fingerprint density at radius 2 is 1.77 bits per heavy atom. The van der Waals surface area contributed by atoms with Gasteiger partial charge in [0, 0.05) is 5.02 Å². The molecule has 2 aromatic rings. The van der Waals surface area contributed by atoms with E-state index in [-0.39, 0.29) is 5.02 Å². The number of carbonyl (C=O) groups excluding carboxylic acids is 2. The maximum Gasteiger partial charge on any atom is 0.418 e. The summed E-state index contributed by atoms with van der Waals surface area (Å²) in [6.45, 7) is 0. The van der Waals surface area contributed by atoms with Crippen molar-refractivity contribution >= 4 is 29.1 Å². The number of nitrogens with zero attached hydrogens (tertiary/aromatic N) is 3. The maximum absolute atomic E-state index is 12.9. The molecule has 2 N–H and O–H groups in total. The van der Waals surface area contributed by atoms with E-state index in [9.17, 15) is 22.8 Å². The first kappa shape index (κ1) is 15.8. The molecule has 22 heavy (non-hydrogen) atoms. The molecule has 7 nitrogen and oxygen atoms in total. The molecule has 0 aliphatic rings. The van der Waals surface area contributed by atoms with Gasteiger partial charge in [0.1, 0.15) is 12.7 Å². The fourth-order valence-electron chi connectivity index (χ4n) is 1.47. The van der Waals surface area contributed by atoms with Gasteiger partial charge >= 0.3 is 18.0 Å². The highest BCUT2D eigenvalue weighted by atomic mass is 35.5. The second-order valence-electron chi connectivity index (χ2n) is 3.95. The summed E-state index contributed by atoms with van der Waals surface area (Å²) in [7, 11) is 0. The fourth-order valence-corrected chi connectivity index (χ4v) is 1.64. The fraction of sp³-hybridized carbons (Fsp3) is 0.0909. The Morgan fingerprint density at radius 1 is 1.14 bits per heavy atom. The van der Waals surface area contributed by atoms with Crippen LogP contribution in [0.5, 0.6) is 0 Å². The summed E-state index contributed by atoms with van der Waals surface area (Å²) in [5, 5.41) is 8.47. The van der Waals surface area contributed by atoms with Crippen LogP contribution < -0.4 is 10.7 Å². The lowest BCUT2D eigenvalue weighted by molar-refractivity contribution is -0.137. The summed E-state index contributed by atoms with van der Waals surface area (Å²) in [5.41, 5.74) is 0.301. The molecule has 0 unspecified atom stereocenters. The average Bonchev–Trinajstić information content (AvgIpc) is 2.92. The Hall–Kier alpha value is -2.62. The third-order valence-corrected chi connectivity index (χ3v) is 2.63. The Bertz CT molecular complexity index is 702. The number of halogens is 4. The summed E-state index contributed by atoms with van der Waals surface area (Å²) in [5.74, 6) is -2.48. The third kappa shape index (κ3) is 3.73. The lowest BCUT2D eigenvalue weighted by atomic mass is 10.1. The van der Waals surface area contributed by atoms with E-state index in [0.29, 0.717) is 6.07 Å². The number of anilines is 1. The van der Waals surface area contributed by atoms with E-state index < -0.39 is 29.2 Å². The van der Waals surface area contributed by atoms with Crippen LogP contribution >= 0.6 is 11.6 Å². The van der Waals surface area contributed by atoms with Gasteiger partial charge in [0.05, 0.1) is 11.3 Å². The van der Waals surface area contributed by atoms with E-state index in [4.69, 9.17) is 11.6 Å². The number of carbonyl (C=O) groups is 2. The van der Waals surface area contributed by atoms with Crippen LogP contribution in [0.25, 0.3) is 0 Å². The molecule has 1 aromatic heterocycles. The van der Waals surface area contributed by atoms with Crippen molar-refractivity contribution in [2.24, 2.45) is 0 Å². The van der Waals surface area contributed by atoms with E-state index in [0.717, 1.165) is 29.5 Å². The third-order valence-electron chi connectivity index (χ3n) is 2.39. The molecule has 0 fully saturated rings. The number of benzene rings is 1. The van der Waals surface area contributed by atoms with Gasteiger partial charge in [-0.2, -0.15) is 13.2 Å². The van der Waals surface area contributed by atoms with Gasteiger partial charge < -0.3 is 5.32 Å². The van der Waals surface area contributed by atoms with E-state index in [1.807, 2.05) is 10.7 Å². The van der Waals surface area contributed by atoms with Gasteiger partial charge in [-0.3, -0.25) is 15.0 Å². The van der Waals surface area contributed by atoms with Gasteiger partial charge in [0.15, 0.2) is 0 Å². The molecule has 1 aromatic carbocycles. The summed E-state index contributed by atoms with van der Waals surface area (Å²) < 4.78 is 39.5. The van der Waals surface area contributed by atoms with E-state index in [1.165, 1.54) is 0 Å². The van der Waals surface area contributed by atoms with Crippen LogP contribution in [0.2, 0.25) is 5.02 Å². The Balaban J connectivity index is 2.16. The quantitative estimate of drug-likeness (QED) is 0.818. The van der Waals surface area contributed by atoms with Crippen LogP contribution in [0, 0.1) is 0 Å². The molecule has 0 aliphatic heterocycles. The predicted octanol–water partition coefficient (Wildman–Crippen LogP) is 1.66. The minimum atomic E-state index is -4.74. The second-order valence-corrected chi connectivity index (χ2v) is 4.39. The lowest BCUT2D eigenvalue weighted by Gasteiger charge is -2.14. The molecule has 11 heteroatoms. The van der Waals surface area contributed by atoms with Gasteiger partial charge in [0.2, 0.25) is 0 Å². The highest BCUT2D eigenvalue weighted by Crippen LogP contribution is 2.36. The molecular weight excluding hydrogens is 327 g/mol. The normalized spacial score (nSPS) is 11.1. The first-order valence-electron chi connectivity index (χ1n) is 5.61. The smallest absolute Gasteiger partial charge is 0.317 e. The van der Waals surface area contributed by atoms with Gasteiger partial charge in [-0.1, -0.05) is 11.6 Å². The zero-order chi connectivity index (χ0) is 16.3. The molecule has 0 aliphatic carbocycles. The first-order chi connectivity index (χ1) is 10.3. The van der Waals surface area contributed by atoms with Crippen LogP contribution in [0.1, 0.15) is 5.56 Å². The number of alkyl halides is 3. The summed E-state index contributed by atoms with van der Waals surface area (Å²) in [6, 6.07) is 2.76. The van der Waals surface area contributed by atoms with Crippen molar-refractivity contribution in [2.75, 3.05) is 10.7 Å². The van der Waals surface area contributed by atoms with E-state index in [1.54, 1.807) is 0 Å². The molecule has 2 rings (SSSR count). The number of rotatable bonds is 2. The Morgan fingerprint density at radius 3 is 2.36 bits per heavy atom. The zero-order valence-electron chi connectivity index (χ0n) is 10.6. The Kier molecular flexibility index (Phi) is 4.31. The molecular formula is C11H7ClF3N5O2. The summed E-state index contributed by atoms with van der Waals surface area (Å²) in [4.78, 5) is 23.2. The topological polar surface area (TPSA) is 88.9 Å². The number of nitrogens with one attached hydrogen (secondary N) is 2. The van der Waals surface area contributed by atoms with Gasteiger partial charge in [-0.25, -0.2) is 4.68 Å². The van der Waals surface area contributed by atoms with Crippen molar-refractivity contribution in [3.05, 3.63) is 41.4 Å². The van der Waals surface area contributed by atoms with Crippen molar-refractivity contribution in [1.29, 1.82) is 0 Å². The first-order valence-corrected chi connectivity index (χ1v) is 5.99. The van der Waals surface area contributed by atoms with Crippen molar-refractivity contribution < 1.29 is 22.8 Å². The van der Waals surface area contributed by atoms with E-state index >= 15 is 0 Å². The Labute approximate surface area is 126 Å². The largest absolute Gasteiger partial charge is 0.418 e. The number of hydrogen-bond acceptors (Lipinski definition) is 4. The number of amides is 2. The molecule has 0 saturated carbocycles. The van der Waals surface area contributed by atoms with Gasteiger partial charge in [-0.05, 0) is 18.2 Å². The molecule has 1 heterocycles. The predicted molar refractivity (Wildman–Crippen MR) is 69.5 cm³/mol. The monoisotopic (exact) mass is 333 g/mol. The van der Waals surface area contributed by atoms with Crippen LogP contribution in [-0.4, -0.2) is 26.7 Å². The van der Waals surface area contributed by atoms with Crippen molar-refractivity contribution in [1.82, 2.24) is 14.9 Å². The average molecular weight is 334 g/mol. The standard InChI is InChI=1S/C11H7ClF3N5O2/c12-6-1-2-8(7(3-6)11(13,14)15)18-9(21)10(22)19-20-4-16-17-5-20/h1-5H,(H,18,21)(H,19,22). The molecule has 0 atom stereocenters. The van der Waals surface area contributed by atoms with Crippen molar-refractivity contribution in [2.45, 2.75) is 6.18 Å². The minimum absolute atomic E-state index is 0.153. The van der Waals surface area contributed by atoms with Crippen LogP contribution in [0.3, 0.4) is 0 Å². The van der Waals surface area contributed by atoms with Crippen LogP contribution in [-0.2, 0) is 15.8 Å². The van der Waals surface area contributed by atoms with Gasteiger partial charge in [0.25, 0.3) is 0 Å². The highest BCUT2D eigenvalue weighted by Gasteiger charge is 2.34. The summed E-state index contributed by atoms with van der Waals surface area (Å²) >= 11 is 5.51.